The van der Waals surface area contributed by atoms with Gasteiger partial charge in [0, 0.05) is 39.3 Å². The van der Waals surface area contributed by atoms with Gasteiger partial charge in [-0.2, -0.15) is 0 Å². The largest absolute Gasteiger partial charge is 0.463 e. The average Bonchev–Trinajstić information content (AvgIpc) is 3.25. The van der Waals surface area contributed by atoms with Crippen molar-refractivity contribution in [2.24, 2.45) is 0 Å². The fourth-order valence-corrected chi connectivity index (χ4v) is 5.41. The van der Waals surface area contributed by atoms with Gasteiger partial charge in [-0.3, -0.25) is 24.2 Å². The number of thiazole rings is 1. The minimum Gasteiger partial charge on any atom is -0.463 e. The van der Waals surface area contributed by atoms with E-state index < -0.39 is 53.7 Å². The molecule has 0 N–H and O–H groups in total. The highest BCUT2D eigenvalue weighted by molar-refractivity contribution is 8.01. The average molecular weight is 525 g/mol. The van der Waals surface area contributed by atoms with E-state index in [2.05, 4.69) is 9.97 Å². The third-order valence-corrected chi connectivity index (χ3v) is 6.69. The Balaban J connectivity index is 1.94. The second-order valence-corrected chi connectivity index (χ2v) is 9.60. The summed E-state index contributed by atoms with van der Waals surface area (Å²) < 4.78 is 28.0. The summed E-state index contributed by atoms with van der Waals surface area (Å²) in [7, 11) is 0. The molecule has 0 radical (unpaired) electrons. The van der Waals surface area contributed by atoms with E-state index in [9.17, 15) is 19.2 Å². The van der Waals surface area contributed by atoms with Crippen LogP contribution in [0.1, 0.15) is 27.7 Å². The van der Waals surface area contributed by atoms with E-state index in [1.807, 2.05) is 17.5 Å². The third-order valence-electron chi connectivity index (χ3n) is 4.58. The first kappa shape index (κ1) is 26.6. The highest BCUT2D eigenvalue weighted by Gasteiger charge is 2.52. The van der Waals surface area contributed by atoms with Crippen molar-refractivity contribution in [3.05, 3.63) is 29.8 Å². The van der Waals surface area contributed by atoms with E-state index in [-0.39, 0.29) is 6.61 Å². The van der Waals surface area contributed by atoms with Crippen molar-refractivity contribution in [2.75, 3.05) is 6.61 Å². The Morgan fingerprint density at radius 1 is 0.914 bits per heavy atom. The summed E-state index contributed by atoms with van der Waals surface area (Å²) in [5.74, 6) is -2.61. The van der Waals surface area contributed by atoms with E-state index in [4.69, 9.17) is 23.7 Å². The van der Waals surface area contributed by atoms with Crippen LogP contribution in [-0.4, -0.2) is 70.3 Å². The van der Waals surface area contributed by atoms with Crippen LogP contribution in [0.25, 0.3) is 11.4 Å². The fraction of sp³-hybridized carbons (Fsp3) is 0.455. The monoisotopic (exact) mass is 524 g/mol. The van der Waals surface area contributed by atoms with Crippen LogP contribution in [0.15, 0.2) is 34.1 Å². The summed E-state index contributed by atoms with van der Waals surface area (Å²) in [6, 6.07) is 5.45. The standard InChI is InChI=1S/C22H24N2O9S2/c1-11(25)29-9-17-18(30-12(2)26)19(31-13(3)27)20(32-14(4)28)21(33-17)35-22-24-16(10-34-22)15-7-5-6-8-23-15/h5-8,10,17-21H,9H2,1-4H3/t17-,18-,19+,20-,21+/m1/s1. The second-order valence-electron chi connectivity index (χ2n) is 7.40. The number of hydrogen-bond donors (Lipinski definition) is 0. The first-order valence-electron chi connectivity index (χ1n) is 10.5. The molecular weight excluding hydrogens is 500 g/mol. The molecule has 3 rings (SSSR count). The van der Waals surface area contributed by atoms with Crippen molar-refractivity contribution in [1.82, 2.24) is 9.97 Å². The van der Waals surface area contributed by atoms with Crippen molar-refractivity contribution >= 4 is 47.0 Å². The molecule has 0 bridgehead atoms. The van der Waals surface area contributed by atoms with Crippen LogP contribution in [0.5, 0.6) is 0 Å². The van der Waals surface area contributed by atoms with Gasteiger partial charge in [-0.15, -0.1) is 11.3 Å². The Kier molecular flexibility index (Phi) is 9.18. The second kappa shape index (κ2) is 12.1. The molecule has 0 saturated carbocycles. The molecule has 0 aromatic carbocycles. The highest BCUT2D eigenvalue weighted by atomic mass is 32.2. The normalized spacial score (nSPS) is 23.7. The Morgan fingerprint density at radius 2 is 1.57 bits per heavy atom. The van der Waals surface area contributed by atoms with E-state index in [0.717, 1.165) is 11.8 Å². The Hall–Kier alpha value is -3.03. The van der Waals surface area contributed by atoms with E-state index in [1.165, 1.54) is 39.0 Å². The predicted molar refractivity (Wildman–Crippen MR) is 123 cm³/mol. The van der Waals surface area contributed by atoms with Gasteiger partial charge in [-0.25, -0.2) is 4.98 Å². The van der Waals surface area contributed by atoms with Crippen LogP contribution in [-0.2, 0) is 42.9 Å². The van der Waals surface area contributed by atoms with Crippen LogP contribution in [0, 0.1) is 0 Å². The first-order valence-corrected chi connectivity index (χ1v) is 12.2. The minimum atomic E-state index is -1.22. The van der Waals surface area contributed by atoms with Gasteiger partial charge in [0.15, 0.2) is 28.1 Å². The molecule has 2 aromatic heterocycles. The molecule has 0 amide bonds. The molecule has 0 aliphatic carbocycles. The number of thioether (sulfide) groups is 1. The van der Waals surface area contributed by atoms with Gasteiger partial charge in [-0.05, 0) is 12.1 Å². The molecule has 35 heavy (non-hydrogen) atoms. The van der Waals surface area contributed by atoms with Gasteiger partial charge in [0.05, 0.1) is 5.69 Å². The number of hydrogen-bond acceptors (Lipinski definition) is 13. The number of rotatable bonds is 8. The van der Waals surface area contributed by atoms with Gasteiger partial charge in [-0.1, -0.05) is 17.8 Å². The lowest BCUT2D eigenvalue weighted by molar-refractivity contribution is -0.237. The molecular formula is C22H24N2O9S2. The SMILES string of the molecule is CC(=O)OC[C@H]1O[C@@H](Sc2nc(-c3ccccn3)cs2)[C@H](OC(C)=O)[C@@H](OC(C)=O)[C@@H]1OC(C)=O. The zero-order chi connectivity index (χ0) is 25.5. The van der Waals surface area contributed by atoms with Crippen molar-refractivity contribution < 1.29 is 42.9 Å². The minimum absolute atomic E-state index is 0.286. The van der Waals surface area contributed by atoms with E-state index in [0.29, 0.717) is 15.7 Å². The zero-order valence-corrected chi connectivity index (χ0v) is 21.0. The van der Waals surface area contributed by atoms with Gasteiger partial charge in [0.1, 0.15) is 18.4 Å². The lowest BCUT2D eigenvalue weighted by atomic mass is 9.99. The molecule has 1 fully saturated rings. The van der Waals surface area contributed by atoms with Crippen molar-refractivity contribution in [3.8, 4) is 11.4 Å². The van der Waals surface area contributed by atoms with Gasteiger partial charge in [0.25, 0.3) is 0 Å². The van der Waals surface area contributed by atoms with Crippen LogP contribution in [0.2, 0.25) is 0 Å². The number of carbonyl (C=O) groups excluding carboxylic acids is 4. The maximum absolute atomic E-state index is 11.9. The molecule has 13 heteroatoms. The fourth-order valence-electron chi connectivity index (χ4n) is 3.33. The molecule has 3 heterocycles. The number of ether oxygens (including phenoxy) is 5. The number of carbonyl (C=O) groups is 4. The van der Waals surface area contributed by atoms with Crippen LogP contribution in [0.3, 0.4) is 0 Å². The number of pyridine rings is 1. The molecule has 11 nitrogen and oxygen atoms in total. The molecule has 0 unspecified atom stereocenters. The number of esters is 4. The van der Waals surface area contributed by atoms with Gasteiger partial charge in [0.2, 0.25) is 0 Å². The quantitative estimate of drug-likeness (QED) is 0.370. The molecule has 5 atom stereocenters. The smallest absolute Gasteiger partial charge is 0.303 e. The highest BCUT2D eigenvalue weighted by Crippen LogP contribution is 2.39. The Morgan fingerprint density at radius 3 is 2.17 bits per heavy atom. The van der Waals surface area contributed by atoms with Crippen molar-refractivity contribution in [2.45, 2.75) is 61.9 Å². The van der Waals surface area contributed by atoms with Gasteiger partial charge < -0.3 is 23.7 Å². The molecule has 2 aromatic rings. The number of nitrogens with zero attached hydrogens (tertiary/aromatic N) is 2. The third kappa shape index (κ3) is 7.47. The van der Waals surface area contributed by atoms with Crippen LogP contribution >= 0.6 is 23.1 Å². The van der Waals surface area contributed by atoms with Gasteiger partial charge >= 0.3 is 23.9 Å². The first-order chi connectivity index (χ1) is 16.6. The molecule has 188 valence electrons. The predicted octanol–water partition coefficient (Wildman–Crippen LogP) is 2.38. The Labute approximate surface area is 209 Å². The lowest BCUT2D eigenvalue weighted by Gasteiger charge is -2.43. The van der Waals surface area contributed by atoms with Crippen molar-refractivity contribution in [3.63, 3.8) is 0 Å². The van der Waals surface area contributed by atoms with E-state index >= 15 is 0 Å². The van der Waals surface area contributed by atoms with E-state index in [1.54, 1.807) is 12.3 Å². The number of aromatic nitrogens is 2. The van der Waals surface area contributed by atoms with Crippen molar-refractivity contribution in [1.29, 1.82) is 0 Å². The Bertz CT molecular complexity index is 1060. The summed E-state index contributed by atoms with van der Waals surface area (Å²) in [4.78, 5) is 55.9. The molecule has 1 aliphatic rings. The summed E-state index contributed by atoms with van der Waals surface area (Å²) in [6.45, 7) is 4.47. The van der Waals surface area contributed by atoms with Crippen LogP contribution < -0.4 is 0 Å². The maximum Gasteiger partial charge on any atom is 0.303 e. The topological polar surface area (TPSA) is 140 Å². The lowest BCUT2D eigenvalue weighted by Crippen LogP contribution is -2.61. The maximum atomic E-state index is 11.9. The molecule has 0 spiro atoms. The summed E-state index contributed by atoms with van der Waals surface area (Å²) >= 11 is 2.45. The summed E-state index contributed by atoms with van der Waals surface area (Å²) in [5, 5.41) is 1.82. The summed E-state index contributed by atoms with van der Waals surface area (Å²) in [6.07, 6.45) is -2.92. The molecule has 1 aliphatic heterocycles. The summed E-state index contributed by atoms with van der Waals surface area (Å²) in [5.41, 5.74) is 0.388. The zero-order valence-electron chi connectivity index (χ0n) is 19.4. The molecule has 1 saturated heterocycles. The van der Waals surface area contributed by atoms with Crippen LogP contribution in [0.4, 0.5) is 0 Å².